The van der Waals surface area contributed by atoms with E-state index in [1.165, 1.54) is 122 Å². The van der Waals surface area contributed by atoms with Crippen LogP contribution >= 0.6 is 0 Å². The highest BCUT2D eigenvalue weighted by molar-refractivity contribution is 5.76. The maximum absolute atomic E-state index is 12.4. The van der Waals surface area contributed by atoms with Gasteiger partial charge in [-0.3, -0.25) is 4.79 Å². The number of aliphatic hydroxyl groups is 2. The summed E-state index contributed by atoms with van der Waals surface area (Å²) in [5.41, 5.74) is 0. The van der Waals surface area contributed by atoms with Crippen LogP contribution in [0.25, 0.3) is 0 Å². The third kappa shape index (κ3) is 44.3. The quantitative estimate of drug-likeness (QED) is 0.0426. The number of nitrogens with one attached hydrogen (secondary N) is 1. The monoisotopic (exact) mass is 790 g/mol. The van der Waals surface area contributed by atoms with Crippen LogP contribution in [0.5, 0.6) is 0 Å². The fraction of sp³-hybridized carbons (Fsp3) is 0.679. The number of allylic oxidation sites excluding steroid dienone is 15. The molecule has 1 amide bonds. The van der Waals surface area contributed by atoms with E-state index >= 15 is 0 Å². The lowest BCUT2D eigenvalue weighted by atomic mass is 10.0. The predicted molar refractivity (Wildman–Crippen MR) is 253 cm³/mol. The first kappa shape index (κ1) is 54.3. The van der Waals surface area contributed by atoms with Gasteiger partial charge in [-0.25, -0.2) is 0 Å². The van der Waals surface area contributed by atoms with Crippen molar-refractivity contribution >= 4 is 5.91 Å². The molecule has 0 aliphatic carbocycles. The maximum atomic E-state index is 12.4. The number of carbonyl (C=O) groups excluding carboxylic acids is 1. The zero-order chi connectivity index (χ0) is 41.4. The van der Waals surface area contributed by atoms with E-state index in [4.69, 9.17) is 0 Å². The van der Waals surface area contributed by atoms with Gasteiger partial charge >= 0.3 is 0 Å². The highest BCUT2D eigenvalue weighted by Crippen LogP contribution is 2.15. The summed E-state index contributed by atoms with van der Waals surface area (Å²) in [6.07, 6.45) is 71.2. The van der Waals surface area contributed by atoms with E-state index in [1.807, 2.05) is 6.08 Å². The van der Waals surface area contributed by atoms with Crippen LogP contribution in [0.2, 0.25) is 0 Å². The second kappa shape index (κ2) is 47.7. The van der Waals surface area contributed by atoms with Gasteiger partial charge in [0, 0.05) is 6.42 Å². The van der Waals surface area contributed by atoms with Crippen LogP contribution in [-0.2, 0) is 4.79 Å². The van der Waals surface area contributed by atoms with Crippen LogP contribution in [-0.4, -0.2) is 34.9 Å². The zero-order valence-electron chi connectivity index (χ0n) is 37.3. The van der Waals surface area contributed by atoms with Gasteiger partial charge in [0.15, 0.2) is 0 Å². The lowest BCUT2D eigenvalue weighted by Gasteiger charge is -2.19. The van der Waals surface area contributed by atoms with Gasteiger partial charge in [0.1, 0.15) is 0 Å². The molecule has 0 fully saturated rings. The van der Waals surface area contributed by atoms with Crippen LogP contribution in [0.1, 0.15) is 213 Å². The molecule has 0 saturated carbocycles. The van der Waals surface area contributed by atoms with Gasteiger partial charge in [-0.2, -0.15) is 0 Å². The van der Waals surface area contributed by atoms with Crippen molar-refractivity contribution in [3.63, 3.8) is 0 Å². The molecular formula is C53H91NO3. The van der Waals surface area contributed by atoms with Crippen molar-refractivity contribution in [3.05, 3.63) is 97.2 Å². The van der Waals surface area contributed by atoms with Crippen LogP contribution in [0.3, 0.4) is 0 Å². The Hall–Kier alpha value is -2.69. The average Bonchev–Trinajstić information content (AvgIpc) is 3.22. The Morgan fingerprint density at radius 3 is 1.23 bits per heavy atom. The molecule has 3 N–H and O–H groups in total. The number of carbonyl (C=O) groups is 1. The van der Waals surface area contributed by atoms with Gasteiger partial charge in [-0.1, -0.05) is 220 Å². The predicted octanol–water partition coefficient (Wildman–Crippen LogP) is 15.4. The molecule has 2 atom stereocenters. The van der Waals surface area contributed by atoms with Crippen molar-refractivity contribution in [1.82, 2.24) is 5.32 Å². The largest absolute Gasteiger partial charge is 0.394 e. The summed E-state index contributed by atoms with van der Waals surface area (Å²) >= 11 is 0. The molecule has 0 heterocycles. The van der Waals surface area contributed by atoms with Crippen molar-refractivity contribution in [2.24, 2.45) is 0 Å². The maximum Gasteiger partial charge on any atom is 0.220 e. The van der Waals surface area contributed by atoms with Crippen LogP contribution in [0.4, 0.5) is 0 Å². The SMILES string of the molecule is CC/C=C\C/C=C\C/C=C\C/C=C\C/C=C\C/C=C\CCCCCCCCCCCCCCCCCCC(=O)NC(CO)C(O)/C=C/CC/C=C/CCCCCC. The van der Waals surface area contributed by atoms with E-state index in [1.54, 1.807) is 6.08 Å². The molecule has 57 heavy (non-hydrogen) atoms. The number of unbranched alkanes of at least 4 members (excludes halogenated alkanes) is 21. The lowest BCUT2D eigenvalue weighted by molar-refractivity contribution is -0.123. The average molecular weight is 790 g/mol. The Morgan fingerprint density at radius 1 is 0.439 bits per heavy atom. The van der Waals surface area contributed by atoms with Crippen LogP contribution < -0.4 is 5.32 Å². The van der Waals surface area contributed by atoms with Crippen molar-refractivity contribution in [2.75, 3.05) is 6.61 Å². The number of hydrogen-bond acceptors (Lipinski definition) is 3. The van der Waals surface area contributed by atoms with Crippen molar-refractivity contribution < 1.29 is 15.0 Å². The minimum Gasteiger partial charge on any atom is -0.394 e. The fourth-order valence-electron chi connectivity index (χ4n) is 6.67. The highest BCUT2D eigenvalue weighted by Gasteiger charge is 2.17. The molecule has 0 saturated heterocycles. The summed E-state index contributed by atoms with van der Waals surface area (Å²) in [7, 11) is 0. The molecule has 0 bridgehead atoms. The molecule has 0 aromatic rings. The second-order valence-electron chi connectivity index (χ2n) is 15.8. The summed E-state index contributed by atoms with van der Waals surface area (Å²) in [6, 6.07) is -0.641. The van der Waals surface area contributed by atoms with Gasteiger partial charge < -0.3 is 15.5 Å². The third-order valence-electron chi connectivity index (χ3n) is 10.3. The fourth-order valence-corrected chi connectivity index (χ4v) is 6.67. The van der Waals surface area contributed by atoms with Crippen molar-refractivity contribution in [2.45, 2.75) is 225 Å². The van der Waals surface area contributed by atoms with Crippen molar-refractivity contribution in [1.29, 1.82) is 0 Å². The van der Waals surface area contributed by atoms with E-state index in [0.29, 0.717) is 6.42 Å². The molecule has 4 heteroatoms. The molecule has 0 spiro atoms. The van der Waals surface area contributed by atoms with Gasteiger partial charge in [0.25, 0.3) is 0 Å². The minimum absolute atomic E-state index is 0.0793. The minimum atomic E-state index is -0.863. The standard InChI is InChI=1S/C53H91NO3/c1-3-5-7-9-11-13-15-16-17-18-19-20-21-22-23-24-25-26-27-28-29-30-31-32-33-34-35-36-37-38-39-41-43-45-47-49-53(57)54-51(50-55)52(56)48-46-44-42-40-14-12-10-8-6-4-2/h5,7,11,13-14,16-17,19-20,22-23,25-26,40,46,48,51-52,55-56H,3-4,6,8-10,12,15,18,21,24,27-39,41-45,47,49-50H2,1-2H3,(H,54,57)/b7-5-,13-11-,17-16-,20-19-,23-22-,26-25-,40-14+,48-46+. The van der Waals surface area contributed by atoms with Gasteiger partial charge in [-0.05, 0) is 83.5 Å². The summed E-state index contributed by atoms with van der Waals surface area (Å²) in [6.45, 7) is 4.14. The normalized spacial score (nSPS) is 13.8. The first-order chi connectivity index (χ1) is 28.2. The van der Waals surface area contributed by atoms with E-state index in [2.05, 4.69) is 104 Å². The van der Waals surface area contributed by atoms with E-state index < -0.39 is 12.1 Å². The van der Waals surface area contributed by atoms with Gasteiger partial charge in [-0.15, -0.1) is 0 Å². The molecule has 4 nitrogen and oxygen atoms in total. The van der Waals surface area contributed by atoms with Crippen LogP contribution in [0.15, 0.2) is 97.2 Å². The van der Waals surface area contributed by atoms with E-state index in [0.717, 1.165) is 70.6 Å². The molecule has 0 rings (SSSR count). The number of aliphatic hydroxyl groups excluding tert-OH is 2. The Balaban J connectivity index is 3.51. The number of amides is 1. The Bertz CT molecular complexity index is 1080. The Morgan fingerprint density at radius 2 is 0.789 bits per heavy atom. The molecule has 0 aromatic carbocycles. The molecule has 0 aliphatic rings. The Labute approximate surface area is 353 Å². The molecule has 2 unspecified atom stereocenters. The topological polar surface area (TPSA) is 69.6 Å². The second-order valence-corrected chi connectivity index (χ2v) is 15.8. The third-order valence-corrected chi connectivity index (χ3v) is 10.3. The summed E-state index contributed by atoms with van der Waals surface area (Å²) in [4.78, 5) is 12.4. The van der Waals surface area contributed by atoms with Gasteiger partial charge in [0.05, 0.1) is 18.8 Å². The molecule has 0 radical (unpaired) electrons. The first-order valence-electron chi connectivity index (χ1n) is 24.0. The first-order valence-corrected chi connectivity index (χ1v) is 24.0. The smallest absolute Gasteiger partial charge is 0.220 e. The highest BCUT2D eigenvalue weighted by atomic mass is 16.3. The van der Waals surface area contributed by atoms with E-state index in [-0.39, 0.29) is 12.5 Å². The molecule has 0 aliphatic heterocycles. The number of rotatable bonds is 42. The molecule has 326 valence electrons. The zero-order valence-corrected chi connectivity index (χ0v) is 37.3. The molecular weight excluding hydrogens is 699 g/mol. The van der Waals surface area contributed by atoms with E-state index in [9.17, 15) is 15.0 Å². The summed E-state index contributed by atoms with van der Waals surface area (Å²) in [5.74, 6) is -0.0793. The molecule has 0 aromatic heterocycles. The van der Waals surface area contributed by atoms with Crippen molar-refractivity contribution in [3.8, 4) is 0 Å². The van der Waals surface area contributed by atoms with Gasteiger partial charge in [0.2, 0.25) is 5.91 Å². The number of hydrogen-bond donors (Lipinski definition) is 3. The summed E-state index contributed by atoms with van der Waals surface area (Å²) < 4.78 is 0. The Kier molecular flexibility index (Phi) is 45.4. The lowest BCUT2D eigenvalue weighted by Crippen LogP contribution is -2.45. The van der Waals surface area contributed by atoms with Crippen LogP contribution in [0, 0.1) is 0 Å². The summed E-state index contributed by atoms with van der Waals surface area (Å²) in [5, 5.41) is 22.9.